The number of halogens is 2. The summed E-state index contributed by atoms with van der Waals surface area (Å²) >= 11 is 0. The highest BCUT2D eigenvalue weighted by atomic mass is 19.2. The van der Waals surface area contributed by atoms with E-state index in [1.807, 2.05) is 0 Å². The molecule has 0 aliphatic heterocycles. The van der Waals surface area contributed by atoms with Crippen LogP contribution < -0.4 is 11.5 Å². The number of H-pyrrole nitrogens is 1. The second-order valence-corrected chi connectivity index (χ2v) is 4.45. The van der Waals surface area contributed by atoms with Crippen LogP contribution in [0.5, 0.6) is 0 Å². The highest BCUT2D eigenvalue weighted by molar-refractivity contribution is 5.85. The standard InChI is InChI=1S/C14H11F2N5/c15-9-3-1-7(5-10(9)16)13-20-11-4-2-8(19-14(17)18)6-12(11)21-13/h1-6H,(H,20,21)(H4,17,18,19). The summed E-state index contributed by atoms with van der Waals surface area (Å²) in [6.45, 7) is 0. The van der Waals surface area contributed by atoms with Crippen LogP contribution in [-0.2, 0) is 0 Å². The lowest BCUT2D eigenvalue weighted by molar-refractivity contribution is 0.509. The zero-order valence-electron chi connectivity index (χ0n) is 10.8. The van der Waals surface area contributed by atoms with Gasteiger partial charge in [-0.25, -0.2) is 18.8 Å². The maximum Gasteiger partial charge on any atom is 0.191 e. The van der Waals surface area contributed by atoms with E-state index >= 15 is 0 Å². The summed E-state index contributed by atoms with van der Waals surface area (Å²) in [7, 11) is 0. The molecule has 0 radical (unpaired) electrons. The van der Waals surface area contributed by atoms with Gasteiger partial charge in [0.15, 0.2) is 17.6 Å². The minimum Gasteiger partial charge on any atom is -0.370 e. The van der Waals surface area contributed by atoms with Gasteiger partial charge in [0.05, 0.1) is 16.7 Å². The summed E-state index contributed by atoms with van der Waals surface area (Å²) in [5, 5.41) is 0. The van der Waals surface area contributed by atoms with Crippen LogP contribution in [0.4, 0.5) is 14.5 Å². The van der Waals surface area contributed by atoms with Crippen LogP contribution in [0.1, 0.15) is 0 Å². The second-order valence-electron chi connectivity index (χ2n) is 4.45. The predicted octanol–water partition coefficient (Wildman–Crippen LogP) is 2.41. The van der Waals surface area contributed by atoms with Crippen molar-refractivity contribution in [2.45, 2.75) is 0 Å². The molecule has 0 aliphatic carbocycles. The molecule has 0 amide bonds. The second kappa shape index (κ2) is 4.86. The molecule has 7 heteroatoms. The van der Waals surface area contributed by atoms with Crippen LogP contribution in [0, 0.1) is 11.6 Å². The van der Waals surface area contributed by atoms with E-state index in [9.17, 15) is 8.78 Å². The number of aliphatic imine (C=N–C) groups is 1. The Bertz CT molecular complexity index is 850. The monoisotopic (exact) mass is 287 g/mol. The molecule has 3 rings (SSSR count). The maximum absolute atomic E-state index is 13.3. The van der Waals surface area contributed by atoms with Gasteiger partial charge in [-0.1, -0.05) is 0 Å². The molecule has 0 saturated heterocycles. The molecule has 5 N–H and O–H groups in total. The Labute approximate surface area is 118 Å². The van der Waals surface area contributed by atoms with Crippen LogP contribution in [0.2, 0.25) is 0 Å². The summed E-state index contributed by atoms with van der Waals surface area (Å²) in [5.41, 5.74) is 13.0. The fraction of sp³-hybridized carbons (Fsp3) is 0. The lowest BCUT2D eigenvalue weighted by Gasteiger charge is -1.97. The number of guanidine groups is 1. The molecule has 5 nitrogen and oxygen atoms in total. The van der Waals surface area contributed by atoms with E-state index in [-0.39, 0.29) is 5.96 Å². The third-order valence-corrected chi connectivity index (χ3v) is 2.92. The van der Waals surface area contributed by atoms with E-state index in [1.165, 1.54) is 6.07 Å². The first-order chi connectivity index (χ1) is 10.0. The minimum absolute atomic E-state index is 0.0466. The first kappa shape index (κ1) is 13.0. The summed E-state index contributed by atoms with van der Waals surface area (Å²) in [4.78, 5) is 11.3. The molecule has 0 bridgehead atoms. The highest BCUT2D eigenvalue weighted by Crippen LogP contribution is 2.24. The lowest BCUT2D eigenvalue weighted by atomic mass is 10.2. The van der Waals surface area contributed by atoms with Crippen molar-refractivity contribution in [3.63, 3.8) is 0 Å². The molecule has 2 aromatic carbocycles. The van der Waals surface area contributed by atoms with Gasteiger partial charge >= 0.3 is 0 Å². The lowest BCUT2D eigenvalue weighted by Crippen LogP contribution is -2.21. The van der Waals surface area contributed by atoms with Gasteiger partial charge in [0, 0.05) is 5.56 Å². The number of nitrogens with zero attached hydrogens (tertiary/aromatic N) is 2. The first-order valence-corrected chi connectivity index (χ1v) is 6.08. The molecule has 106 valence electrons. The van der Waals surface area contributed by atoms with Crippen molar-refractivity contribution in [1.29, 1.82) is 0 Å². The Kier molecular flexibility index (Phi) is 3.02. The van der Waals surface area contributed by atoms with Crippen molar-refractivity contribution in [2.75, 3.05) is 0 Å². The predicted molar refractivity (Wildman–Crippen MR) is 76.9 cm³/mol. The Morgan fingerprint density at radius 2 is 1.86 bits per heavy atom. The van der Waals surface area contributed by atoms with E-state index in [0.29, 0.717) is 28.1 Å². The fourth-order valence-electron chi connectivity index (χ4n) is 2.00. The van der Waals surface area contributed by atoms with E-state index in [4.69, 9.17) is 11.5 Å². The Morgan fingerprint density at radius 3 is 2.57 bits per heavy atom. The van der Waals surface area contributed by atoms with Crippen molar-refractivity contribution < 1.29 is 8.78 Å². The normalized spacial score (nSPS) is 10.8. The van der Waals surface area contributed by atoms with Crippen LogP contribution in [0.25, 0.3) is 22.4 Å². The molecular weight excluding hydrogens is 276 g/mol. The van der Waals surface area contributed by atoms with Crippen LogP contribution in [0.15, 0.2) is 41.4 Å². The van der Waals surface area contributed by atoms with Crippen molar-refractivity contribution in [2.24, 2.45) is 16.5 Å². The summed E-state index contributed by atoms with van der Waals surface area (Å²) in [6, 6.07) is 8.75. The van der Waals surface area contributed by atoms with Gasteiger partial charge in [0.25, 0.3) is 0 Å². The van der Waals surface area contributed by atoms with Crippen molar-refractivity contribution in [3.8, 4) is 11.4 Å². The topological polar surface area (TPSA) is 93.1 Å². The van der Waals surface area contributed by atoms with Gasteiger partial charge in [-0.15, -0.1) is 0 Å². The van der Waals surface area contributed by atoms with E-state index in [1.54, 1.807) is 18.2 Å². The van der Waals surface area contributed by atoms with Gasteiger partial charge in [-0.3, -0.25) is 0 Å². The average molecular weight is 287 g/mol. The number of hydrogen-bond donors (Lipinski definition) is 3. The molecule has 1 aromatic heterocycles. The molecule has 0 saturated carbocycles. The third kappa shape index (κ3) is 2.53. The molecule has 0 atom stereocenters. The van der Waals surface area contributed by atoms with Crippen molar-refractivity contribution in [3.05, 3.63) is 48.0 Å². The molecule has 0 aliphatic rings. The average Bonchev–Trinajstić information content (AvgIpc) is 2.84. The van der Waals surface area contributed by atoms with Crippen molar-refractivity contribution >= 4 is 22.7 Å². The number of nitrogens with two attached hydrogens (primary N) is 2. The van der Waals surface area contributed by atoms with Gasteiger partial charge in [0.1, 0.15) is 5.82 Å². The van der Waals surface area contributed by atoms with Crippen LogP contribution in [-0.4, -0.2) is 15.9 Å². The van der Waals surface area contributed by atoms with Crippen molar-refractivity contribution in [1.82, 2.24) is 9.97 Å². The largest absolute Gasteiger partial charge is 0.370 e. The maximum atomic E-state index is 13.3. The summed E-state index contributed by atoms with van der Waals surface area (Å²) in [6.07, 6.45) is 0. The highest BCUT2D eigenvalue weighted by Gasteiger charge is 2.09. The third-order valence-electron chi connectivity index (χ3n) is 2.92. The molecular formula is C14H11F2N5. The first-order valence-electron chi connectivity index (χ1n) is 6.08. The number of aromatic nitrogens is 2. The Hall–Kier alpha value is -2.96. The number of nitrogens with one attached hydrogen (secondary N) is 1. The number of imidazole rings is 1. The van der Waals surface area contributed by atoms with Gasteiger partial charge in [-0.2, -0.15) is 0 Å². The zero-order chi connectivity index (χ0) is 15.0. The van der Waals surface area contributed by atoms with E-state index in [2.05, 4.69) is 15.0 Å². The number of benzene rings is 2. The molecule has 0 fully saturated rings. The van der Waals surface area contributed by atoms with Crippen LogP contribution in [0.3, 0.4) is 0 Å². The molecule has 3 aromatic rings. The van der Waals surface area contributed by atoms with Gasteiger partial charge in [-0.05, 0) is 36.4 Å². The molecule has 0 unspecified atom stereocenters. The minimum atomic E-state index is -0.922. The smallest absolute Gasteiger partial charge is 0.191 e. The van der Waals surface area contributed by atoms with Crippen LogP contribution >= 0.6 is 0 Å². The van der Waals surface area contributed by atoms with E-state index in [0.717, 1.165) is 12.1 Å². The molecule has 0 spiro atoms. The SMILES string of the molecule is NC(N)=Nc1ccc2nc(-c3ccc(F)c(F)c3)[nH]c2c1. The zero-order valence-corrected chi connectivity index (χ0v) is 10.8. The quantitative estimate of drug-likeness (QED) is 0.499. The van der Waals surface area contributed by atoms with E-state index < -0.39 is 11.6 Å². The number of fused-ring (bicyclic) bond motifs is 1. The summed E-state index contributed by atoms with van der Waals surface area (Å²) < 4.78 is 26.2. The number of aromatic amines is 1. The molecule has 1 heterocycles. The molecule has 21 heavy (non-hydrogen) atoms. The van der Waals surface area contributed by atoms with Gasteiger partial charge < -0.3 is 16.5 Å². The number of hydrogen-bond acceptors (Lipinski definition) is 2. The Balaban J connectivity index is 2.08. The van der Waals surface area contributed by atoms with Gasteiger partial charge in [0.2, 0.25) is 0 Å². The number of rotatable bonds is 2. The fourth-order valence-corrected chi connectivity index (χ4v) is 2.00. The summed E-state index contributed by atoms with van der Waals surface area (Å²) in [5.74, 6) is -1.43. The Morgan fingerprint density at radius 1 is 1.05 bits per heavy atom.